The highest BCUT2D eigenvalue weighted by molar-refractivity contribution is 5.75. The van der Waals surface area contributed by atoms with E-state index in [1.54, 1.807) is 0 Å². The van der Waals surface area contributed by atoms with Gasteiger partial charge in [0.25, 0.3) is 0 Å². The zero-order valence-electron chi connectivity index (χ0n) is 14.7. The summed E-state index contributed by atoms with van der Waals surface area (Å²) in [6.45, 7) is 2.68. The number of rotatable bonds is 11. The van der Waals surface area contributed by atoms with Gasteiger partial charge in [0.2, 0.25) is 5.91 Å². The minimum absolute atomic E-state index is 0.119. The number of nitrogens with zero attached hydrogens (tertiary/aromatic N) is 1. The van der Waals surface area contributed by atoms with Crippen molar-refractivity contribution >= 4 is 5.91 Å². The van der Waals surface area contributed by atoms with Crippen LogP contribution in [0.3, 0.4) is 0 Å². The van der Waals surface area contributed by atoms with E-state index in [0.29, 0.717) is 13.0 Å². The number of amides is 1. The highest BCUT2D eigenvalue weighted by atomic mass is 16.1. The van der Waals surface area contributed by atoms with Gasteiger partial charge in [-0.3, -0.25) is 4.79 Å². The fourth-order valence-electron chi connectivity index (χ4n) is 2.71. The van der Waals surface area contributed by atoms with Gasteiger partial charge in [0.1, 0.15) is 5.82 Å². The van der Waals surface area contributed by atoms with E-state index in [0.717, 1.165) is 37.2 Å². The third kappa shape index (κ3) is 6.99. The number of nitrogens with one attached hydrogen (secondary N) is 2. The van der Waals surface area contributed by atoms with E-state index in [1.165, 1.54) is 24.8 Å². The number of aryl methyl sites for hydroxylation is 2. The summed E-state index contributed by atoms with van der Waals surface area (Å²) in [4.78, 5) is 19.5. The molecule has 24 heavy (non-hydrogen) atoms. The molecule has 0 bridgehead atoms. The molecule has 0 aliphatic rings. The maximum Gasteiger partial charge on any atom is 0.220 e. The summed E-state index contributed by atoms with van der Waals surface area (Å²) in [5.41, 5.74) is 2.44. The van der Waals surface area contributed by atoms with E-state index in [1.807, 2.05) is 12.3 Å². The number of aromatic nitrogens is 2. The van der Waals surface area contributed by atoms with Crippen molar-refractivity contribution in [1.82, 2.24) is 15.3 Å². The Bertz CT molecular complexity index is 592. The van der Waals surface area contributed by atoms with Crippen molar-refractivity contribution in [3.05, 3.63) is 53.6 Å². The Kier molecular flexibility index (Phi) is 8.08. The molecule has 0 aliphatic heterocycles. The molecule has 0 saturated carbocycles. The minimum atomic E-state index is 0.119. The lowest BCUT2D eigenvalue weighted by atomic mass is 10.1. The number of hydrogen-bond acceptors (Lipinski definition) is 2. The van der Waals surface area contributed by atoms with Gasteiger partial charge in [0.05, 0.1) is 6.54 Å². The molecule has 2 N–H and O–H groups in total. The Morgan fingerprint density at radius 1 is 1.08 bits per heavy atom. The zero-order valence-corrected chi connectivity index (χ0v) is 14.7. The number of unbranched alkanes of at least 4 members (excludes halogenated alkanes) is 4. The maximum absolute atomic E-state index is 11.8. The molecule has 0 radical (unpaired) electrons. The molecular formula is C20H29N3O. The van der Waals surface area contributed by atoms with Crippen LogP contribution in [0.25, 0.3) is 0 Å². The van der Waals surface area contributed by atoms with E-state index < -0.39 is 0 Å². The molecule has 0 unspecified atom stereocenters. The van der Waals surface area contributed by atoms with Crippen LogP contribution >= 0.6 is 0 Å². The molecule has 0 saturated heterocycles. The van der Waals surface area contributed by atoms with Crippen molar-refractivity contribution in [2.24, 2.45) is 0 Å². The summed E-state index contributed by atoms with van der Waals surface area (Å²) in [6, 6.07) is 10.4. The van der Waals surface area contributed by atoms with Crippen molar-refractivity contribution in [2.75, 3.05) is 0 Å². The van der Waals surface area contributed by atoms with Gasteiger partial charge in [0.15, 0.2) is 0 Å². The smallest absolute Gasteiger partial charge is 0.220 e. The second-order valence-corrected chi connectivity index (χ2v) is 6.28. The van der Waals surface area contributed by atoms with Gasteiger partial charge in [-0.05, 0) is 24.8 Å². The number of carbonyl (C=O) groups excluding carboxylic acids is 1. The van der Waals surface area contributed by atoms with E-state index >= 15 is 0 Å². The molecule has 2 rings (SSSR count). The monoisotopic (exact) mass is 327 g/mol. The fourth-order valence-corrected chi connectivity index (χ4v) is 2.71. The molecule has 0 atom stereocenters. The Labute approximate surface area is 145 Å². The molecular weight excluding hydrogens is 298 g/mol. The number of imidazole rings is 1. The molecule has 4 nitrogen and oxygen atoms in total. The standard InChI is InChI=1S/C20H29N3O/c1-2-3-4-5-9-12-20(24)22-16-19-21-15-18(23-19)14-13-17-10-7-6-8-11-17/h6-8,10-11,15H,2-5,9,12-14,16H2,1H3,(H,21,23)(H,22,24). The summed E-state index contributed by atoms with van der Waals surface area (Å²) in [6.07, 6.45) is 10.3. The maximum atomic E-state index is 11.8. The first-order chi connectivity index (χ1) is 11.8. The highest BCUT2D eigenvalue weighted by Crippen LogP contribution is 2.07. The van der Waals surface area contributed by atoms with Gasteiger partial charge in [-0.15, -0.1) is 0 Å². The molecule has 2 aromatic rings. The highest BCUT2D eigenvalue weighted by Gasteiger charge is 2.05. The summed E-state index contributed by atoms with van der Waals surface area (Å²) < 4.78 is 0. The van der Waals surface area contributed by atoms with Crippen LogP contribution in [0.1, 0.15) is 62.5 Å². The van der Waals surface area contributed by atoms with E-state index in [9.17, 15) is 4.79 Å². The minimum Gasteiger partial charge on any atom is -0.349 e. The lowest BCUT2D eigenvalue weighted by Crippen LogP contribution is -2.23. The lowest BCUT2D eigenvalue weighted by Gasteiger charge is -2.03. The van der Waals surface area contributed by atoms with Crippen LogP contribution in [0.15, 0.2) is 36.5 Å². The Hall–Kier alpha value is -2.10. The molecule has 0 aliphatic carbocycles. The number of H-pyrrole nitrogens is 1. The van der Waals surface area contributed by atoms with Crippen LogP contribution in [-0.4, -0.2) is 15.9 Å². The van der Waals surface area contributed by atoms with Crippen LogP contribution in [0.4, 0.5) is 0 Å². The van der Waals surface area contributed by atoms with Gasteiger partial charge in [0, 0.05) is 18.3 Å². The third-order valence-electron chi connectivity index (χ3n) is 4.17. The van der Waals surface area contributed by atoms with Gasteiger partial charge >= 0.3 is 0 Å². The molecule has 1 aromatic heterocycles. The summed E-state index contributed by atoms with van der Waals surface area (Å²) in [5.74, 6) is 0.950. The zero-order chi connectivity index (χ0) is 17.0. The average molecular weight is 327 g/mol. The molecule has 130 valence electrons. The first kappa shape index (κ1) is 18.2. The van der Waals surface area contributed by atoms with Crippen LogP contribution < -0.4 is 5.32 Å². The van der Waals surface area contributed by atoms with Gasteiger partial charge < -0.3 is 10.3 Å². The van der Waals surface area contributed by atoms with Crippen molar-refractivity contribution in [3.8, 4) is 0 Å². The summed E-state index contributed by atoms with van der Waals surface area (Å²) >= 11 is 0. The van der Waals surface area contributed by atoms with Crippen LogP contribution in [0.2, 0.25) is 0 Å². The van der Waals surface area contributed by atoms with E-state index in [2.05, 4.69) is 46.5 Å². The van der Waals surface area contributed by atoms with Gasteiger partial charge in [-0.2, -0.15) is 0 Å². The molecule has 1 amide bonds. The summed E-state index contributed by atoms with van der Waals surface area (Å²) in [5, 5.41) is 2.94. The average Bonchev–Trinajstić information content (AvgIpc) is 3.07. The largest absolute Gasteiger partial charge is 0.349 e. The summed E-state index contributed by atoms with van der Waals surface area (Å²) in [7, 11) is 0. The SMILES string of the molecule is CCCCCCCC(=O)NCc1ncc(CCc2ccccc2)[nH]1. The predicted octanol–water partition coefficient (Wildman–Crippen LogP) is 4.17. The third-order valence-corrected chi connectivity index (χ3v) is 4.17. The molecule has 1 heterocycles. The molecule has 1 aromatic carbocycles. The first-order valence-corrected chi connectivity index (χ1v) is 9.11. The van der Waals surface area contributed by atoms with E-state index in [4.69, 9.17) is 0 Å². The van der Waals surface area contributed by atoms with Crippen molar-refractivity contribution < 1.29 is 4.79 Å². The number of hydrogen-bond donors (Lipinski definition) is 2. The lowest BCUT2D eigenvalue weighted by molar-refractivity contribution is -0.121. The molecule has 0 spiro atoms. The Balaban J connectivity index is 1.63. The van der Waals surface area contributed by atoms with Crippen LogP contribution in [-0.2, 0) is 24.2 Å². The first-order valence-electron chi connectivity index (χ1n) is 9.11. The van der Waals surface area contributed by atoms with Crippen LogP contribution in [0, 0.1) is 0 Å². The van der Waals surface area contributed by atoms with Gasteiger partial charge in [-0.25, -0.2) is 4.98 Å². The van der Waals surface area contributed by atoms with Crippen molar-refractivity contribution in [3.63, 3.8) is 0 Å². The van der Waals surface area contributed by atoms with E-state index in [-0.39, 0.29) is 5.91 Å². The topological polar surface area (TPSA) is 57.8 Å². The molecule has 0 fully saturated rings. The van der Waals surface area contributed by atoms with Gasteiger partial charge in [-0.1, -0.05) is 62.9 Å². The van der Waals surface area contributed by atoms with Crippen LogP contribution in [0.5, 0.6) is 0 Å². The van der Waals surface area contributed by atoms with Crippen molar-refractivity contribution in [1.29, 1.82) is 0 Å². The second kappa shape index (κ2) is 10.6. The van der Waals surface area contributed by atoms with Crippen molar-refractivity contribution in [2.45, 2.75) is 64.8 Å². The fraction of sp³-hybridized carbons (Fsp3) is 0.500. The normalized spacial score (nSPS) is 10.7. The number of benzene rings is 1. The second-order valence-electron chi connectivity index (χ2n) is 6.28. The molecule has 4 heteroatoms. The number of carbonyl (C=O) groups is 1. The number of aromatic amines is 1. The Morgan fingerprint density at radius 2 is 1.88 bits per heavy atom. The quantitative estimate of drug-likeness (QED) is 0.609. The predicted molar refractivity (Wildman–Crippen MR) is 97.7 cm³/mol. The Morgan fingerprint density at radius 3 is 2.67 bits per heavy atom.